The Kier molecular flexibility index (Phi) is 2.89. The molecule has 3 rings (SSSR count). The number of nitrogens with one attached hydrogen (secondary N) is 2. The molecule has 1 saturated carbocycles. The number of nitrogens with zero attached hydrogens (tertiary/aromatic N) is 1. The highest BCUT2D eigenvalue weighted by atomic mass is 16.1. The van der Waals surface area contributed by atoms with Gasteiger partial charge in [-0.3, -0.25) is 9.89 Å². The summed E-state index contributed by atoms with van der Waals surface area (Å²) in [5, 5.41) is 11.0. The highest BCUT2D eigenvalue weighted by Crippen LogP contribution is 2.52. The van der Waals surface area contributed by atoms with Gasteiger partial charge in [-0.05, 0) is 12.1 Å². The van der Waals surface area contributed by atoms with Crippen LogP contribution in [-0.4, -0.2) is 28.2 Å². The van der Waals surface area contributed by atoms with Crippen LogP contribution in [0.2, 0.25) is 0 Å². The lowest BCUT2D eigenvalue weighted by Gasteiger charge is -2.62. The largest absolute Gasteiger partial charge is 0.348 e. The van der Waals surface area contributed by atoms with E-state index in [2.05, 4.69) is 43.2 Å². The van der Waals surface area contributed by atoms with Crippen LogP contribution in [0.25, 0.3) is 10.9 Å². The van der Waals surface area contributed by atoms with Crippen LogP contribution in [-0.2, 0) is 0 Å². The molecular formula is C16H22N4O. The minimum absolute atomic E-state index is 0.0602. The average Bonchev–Trinajstić information content (AvgIpc) is 2.90. The molecule has 2 aromatic rings. The van der Waals surface area contributed by atoms with Crippen molar-refractivity contribution in [3.8, 4) is 0 Å². The van der Waals surface area contributed by atoms with Crippen LogP contribution in [0.3, 0.4) is 0 Å². The van der Waals surface area contributed by atoms with Crippen molar-refractivity contribution in [1.82, 2.24) is 15.5 Å². The molecule has 0 aliphatic heterocycles. The summed E-state index contributed by atoms with van der Waals surface area (Å²) in [6.07, 6.45) is 1.74. The van der Waals surface area contributed by atoms with Crippen LogP contribution in [0.15, 0.2) is 24.4 Å². The molecule has 0 radical (unpaired) electrons. The second-order valence-electron chi connectivity index (χ2n) is 7.20. The molecule has 0 unspecified atom stereocenters. The molecular weight excluding hydrogens is 264 g/mol. The summed E-state index contributed by atoms with van der Waals surface area (Å²) in [6.45, 7) is 8.41. The number of fused-ring (bicyclic) bond motifs is 1. The standard InChI is InChI=1S/C16H22N4O/c1-15(2)13(17)16(3,4)14(15)19-12(21)9-5-6-10-8-18-20-11(10)7-9/h5-8,13-14H,17H2,1-4H3,(H,18,20)(H,19,21). The summed E-state index contributed by atoms with van der Waals surface area (Å²) in [6, 6.07) is 5.69. The van der Waals surface area contributed by atoms with E-state index in [1.807, 2.05) is 18.2 Å². The lowest BCUT2D eigenvalue weighted by atomic mass is 9.48. The third-order valence-electron chi connectivity index (χ3n) is 5.07. The number of hydrogen-bond acceptors (Lipinski definition) is 3. The minimum Gasteiger partial charge on any atom is -0.348 e. The molecule has 4 N–H and O–H groups in total. The smallest absolute Gasteiger partial charge is 0.251 e. The molecule has 1 aliphatic carbocycles. The minimum atomic E-state index is -0.1000. The van der Waals surface area contributed by atoms with E-state index in [0.29, 0.717) is 5.56 Å². The molecule has 0 spiro atoms. The fraction of sp³-hybridized carbons (Fsp3) is 0.500. The maximum atomic E-state index is 12.5. The summed E-state index contributed by atoms with van der Waals surface area (Å²) in [7, 11) is 0. The SMILES string of the molecule is CC1(C)C(N)C(C)(C)C1NC(=O)c1ccc2cn[nH]c2c1. The van der Waals surface area contributed by atoms with Gasteiger partial charge in [-0.1, -0.05) is 33.8 Å². The zero-order chi connectivity index (χ0) is 15.4. The first-order valence-corrected chi connectivity index (χ1v) is 7.24. The zero-order valence-electron chi connectivity index (χ0n) is 12.9. The molecule has 1 heterocycles. The number of amides is 1. The highest BCUT2D eigenvalue weighted by Gasteiger charge is 2.60. The molecule has 1 aromatic heterocycles. The summed E-state index contributed by atoms with van der Waals surface area (Å²) in [4.78, 5) is 12.5. The topological polar surface area (TPSA) is 83.8 Å². The van der Waals surface area contributed by atoms with E-state index in [-0.39, 0.29) is 28.8 Å². The van der Waals surface area contributed by atoms with E-state index < -0.39 is 0 Å². The predicted octanol–water partition coefficient (Wildman–Crippen LogP) is 2.05. The first-order chi connectivity index (χ1) is 9.74. The number of nitrogens with two attached hydrogens (primary N) is 1. The van der Waals surface area contributed by atoms with Gasteiger partial charge in [0.2, 0.25) is 0 Å². The highest BCUT2D eigenvalue weighted by molar-refractivity contribution is 5.98. The van der Waals surface area contributed by atoms with Gasteiger partial charge in [0, 0.05) is 33.9 Å². The van der Waals surface area contributed by atoms with E-state index in [4.69, 9.17) is 5.73 Å². The first-order valence-electron chi connectivity index (χ1n) is 7.24. The molecule has 5 heteroatoms. The van der Waals surface area contributed by atoms with Gasteiger partial charge in [-0.2, -0.15) is 5.10 Å². The van der Waals surface area contributed by atoms with Crippen LogP contribution in [0.1, 0.15) is 38.1 Å². The van der Waals surface area contributed by atoms with Crippen LogP contribution >= 0.6 is 0 Å². The molecule has 5 nitrogen and oxygen atoms in total. The molecule has 1 aliphatic rings. The lowest BCUT2D eigenvalue weighted by Crippen LogP contribution is -2.76. The molecule has 21 heavy (non-hydrogen) atoms. The van der Waals surface area contributed by atoms with Crippen molar-refractivity contribution in [3.05, 3.63) is 30.0 Å². The van der Waals surface area contributed by atoms with Crippen molar-refractivity contribution in [1.29, 1.82) is 0 Å². The Morgan fingerprint density at radius 2 is 1.95 bits per heavy atom. The average molecular weight is 286 g/mol. The van der Waals surface area contributed by atoms with Crippen LogP contribution in [0.5, 0.6) is 0 Å². The molecule has 1 fully saturated rings. The third kappa shape index (κ3) is 1.95. The number of rotatable bonds is 2. The maximum Gasteiger partial charge on any atom is 0.251 e. The molecule has 112 valence electrons. The quantitative estimate of drug-likeness (QED) is 0.790. The van der Waals surface area contributed by atoms with Gasteiger partial charge in [-0.15, -0.1) is 0 Å². The van der Waals surface area contributed by atoms with Gasteiger partial charge in [0.1, 0.15) is 0 Å². The molecule has 0 bridgehead atoms. The maximum absolute atomic E-state index is 12.5. The van der Waals surface area contributed by atoms with Crippen LogP contribution in [0, 0.1) is 10.8 Å². The monoisotopic (exact) mass is 286 g/mol. The Balaban J connectivity index is 1.83. The Labute approximate surface area is 124 Å². The number of aromatic amines is 1. The number of carbonyl (C=O) groups is 1. The Morgan fingerprint density at radius 1 is 1.29 bits per heavy atom. The zero-order valence-corrected chi connectivity index (χ0v) is 12.9. The molecule has 0 saturated heterocycles. The summed E-state index contributed by atoms with van der Waals surface area (Å²) in [5.74, 6) is -0.0652. The second-order valence-corrected chi connectivity index (χ2v) is 7.20. The fourth-order valence-corrected chi connectivity index (χ4v) is 3.85. The van der Waals surface area contributed by atoms with Crippen molar-refractivity contribution in [2.75, 3.05) is 0 Å². The van der Waals surface area contributed by atoms with Gasteiger partial charge < -0.3 is 11.1 Å². The van der Waals surface area contributed by atoms with E-state index in [0.717, 1.165) is 10.9 Å². The number of H-pyrrole nitrogens is 1. The Morgan fingerprint density at radius 3 is 2.62 bits per heavy atom. The van der Waals surface area contributed by atoms with Crippen molar-refractivity contribution in [2.24, 2.45) is 16.6 Å². The van der Waals surface area contributed by atoms with Crippen LogP contribution < -0.4 is 11.1 Å². The molecule has 1 amide bonds. The Hall–Kier alpha value is -1.88. The van der Waals surface area contributed by atoms with E-state index in [1.54, 1.807) is 6.20 Å². The normalized spacial score (nSPS) is 26.3. The van der Waals surface area contributed by atoms with Gasteiger partial charge in [0.15, 0.2) is 0 Å². The van der Waals surface area contributed by atoms with E-state index in [9.17, 15) is 4.79 Å². The van der Waals surface area contributed by atoms with Gasteiger partial charge >= 0.3 is 0 Å². The number of hydrogen-bond donors (Lipinski definition) is 3. The van der Waals surface area contributed by atoms with Gasteiger partial charge in [0.25, 0.3) is 5.91 Å². The summed E-state index contributed by atoms with van der Waals surface area (Å²) >= 11 is 0. The fourth-order valence-electron chi connectivity index (χ4n) is 3.85. The molecule has 0 atom stereocenters. The van der Waals surface area contributed by atoms with Crippen molar-refractivity contribution >= 4 is 16.8 Å². The molecule has 1 aromatic carbocycles. The number of benzene rings is 1. The van der Waals surface area contributed by atoms with E-state index >= 15 is 0 Å². The van der Waals surface area contributed by atoms with Gasteiger partial charge in [0.05, 0.1) is 11.7 Å². The third-order valence-corrected chi connectivity index (χ3v) is 5.07. The lowest BCUT2D eigenvalue weighted by molar-refractivity contribution is -0.0663. The number of carbonyl (C=O) groups excluding carboxylic acids is 1. The summed E-state index contributed by atoms with van der Waals surface area (Å²) < 4.78 is 0. The van der Waals surface area contributed by atoms with Crippen LogP contribution in [0.4, 0.5) is 0 Å². The second kappa shape index (κ2) is 4.31. The summed E-state index contributed by atoms with van der Waals surface area (Å²) in [5.41, 5.74) is 7.54. The van der Waals surface area contributed by atoms with Crippen molar-refractivity contribution in [2.45, 2.75) is 39.8 Å². The van der Waals surface area contributed by atoms with E-state index in [1.165, 1.54) is 0 Å². The first kappa shape index (κ1) is 14.1. The predicted molar refractivity (Wildman–Crippen MR) is 82.9 cm³/mol. The van der Waals surface area contributed by atoms with Crippen molar-refractivity contribution in [3.63, 3.8) is 0 Å². The van der Waals surface area contributed by atoms with Gasteiger partial charge in [-0.25, -0.2) is 0 Å². The van der Waals surface area contributed by atoms with Crippen molar-refractivity contribution < 1.29 is 4.79 Å². The Bertz CT molecular complexity index is 685. The number of aromatic nitrogens is 2.